The molecule has 0 spiro atoms. The van der Waals surface area contributed by atoms with E-state index in [9.17, 15) is 0 Å². The Morgan fingerprint density at radius 3 is 0.726 bits per heavy atom. The molecule has 0 nitrogen and oxygen atoms in total. The van der Waals surface area contributed by atoms with Crippen LogP contribution in [0.4, 0.5) is 0 Å². The van der Waals surface area contributed by atoms with Crippen molar-refractivity contribution < 1.29 is 0 Å². The third-order valence-electron chi connectivity index (χ3n) is 11.1. The lowest BCUT2D eigenvalue weighted by Crippen LogP contribution is -1.92. The van der Waals surface area contributed by atoms with E-state index in [0.29, 0.717) is 0 Å². The fourth-order valence-corrected chi connectivity index (χ4v) is 8.19. The van der Waals surface area contributed by atoms with Crippen LogP contribution in [0.3, 0.4) is 0 Å². The zero-order valence-electron chi connectivity index (χ0n) is 33.0. The molecule has 0 unspecified atom stereocenters. The molecule has 7 aromatic carbocycles. The van der Waals surface area contributed by atoms with Gasteiger partial charge in [-0.05, 0) is 129 Å². The van der Waals surface area contributed by atoms with Crippen molar-refractivity contribution >= 4 is 11.1 Å². The quantitative estimate of drug-likeness (QED) is 0.135. The minimum absolute atomic E-state index is 0.723. The molecule has 0 heteroatoms. The Bertz CT molecular complexity index is 3360. The monoisotopic (exact) mass is 770 g/mol. The second-order valence-corrected chi connectivity index (χ2v) is 14.7. The lowest BCUT2D eigenvalue weighted by atomic mass is 9.92. The van der Waals surface area contributed by atoms with Crippen LogP contribution in [0.15, 0.2) is 169 Å². The first-order valence-electron chi connectivity index (χ1n) is 20.1. The number of benzene rings is 7. The Morgan fingerprint density at radius 1 is 0.194 bits per heavy atom. The average molecular weight is 771 g/mol. The molecule has 0 radical (unpaired) electrons. The lowest BCUT2D eigenvalue weighted by Gasteiger charge is -2.09. The highest BCUT2D eigenvalue weighted by Crippen LogP contribution is 2.53. The van der Waals surface area contributed by atoms with Crippen molar-refractivity contribution in [2.75, 3.05) is 0 Å². The highest BCUT2D eigenvalue weighted by molar-refractivity contribution is 6.11. The summed E-state index contributed by atoms with van der Waals surface area (Å²) in [5.41, 5.74) is 18.7. The molecule has 11 rings (SSSR count). The van der Waals surface area contributed by atoms with Crippen LogP contribution in [0.1, 0.15) is 66.8 Å². The maximum absolute atomic E-state index is 3.55. The van der Waals surface area contributed by atoms with E-state index in [1.54, 1.807) is 0 Å². The molecule has 274 valence electrons. The first kappa shape index (κ1) is 35.6. The second kappa shape index (κ2) is 15.3. The molecule has 7 aromatic rings. The summed E-state index contributed by atoms with van der Waals surface area (Å²) in [6.45, 7) is 0. The first-order chi connectivity index (χ1) is 30.8. The summed E-state index contributed by atoms with van der Waals surface area (Å²) in [5, 5.41) is 0. The van der Waals surface area contributed by atoms with Crippen LogP contribution in [0.2, 0.25) is 0 Å². The average Bonchev–Trinajstić information content (AvgIpc) is 3.82. The number of hydrogen-bond donors (Lipinski definition) is 0. The largest absolute Gasteiger partial charge is 0.0836 e. The van der Waals surface area contributed by atoms with E-state index >= 15 is 0 Å². The van der Waals surface area contributed by atoms with Crippen LogP contribution in [0.25, 0.3) is 33.4 Å². The minimum atomic E-state index is 0.723. The van der Waals surface area contributed by atoms with Gasteiger partial charge < -0.3 is 0 Å². The van der Waals surface area contributed by atoms with E-state index < -0.39 is 0 Å². The molecule has 0 atom stereocenters. The van der Waals surface area contributed by atoms with Crippen molar-refractivity contribution in [2.24, 2.45) is 0 Å². The molecule has 0 amide bonds. The number of rotatable bonds is 0. The van der Waals surface area contributed by atoms with E-state index in [0.717, 1.165) is 111 Å². The zero-order chi connectivity index (χ0) is 41.2. The molecule has 0 saturated heterocycles. The molecule has 0 aromatic heterocycles. The lowest BCUT2D eigenvalue weighted by molar-refractivity contribution is 1.58. The van der Waals surface area contributed by atoms with Gasteiger partial charge in [0.25, 0.3) is 0 Å². The van der Waals surface area contributed by atoms with Gasteiger partial charge in [-0.1, -0.05) is 168 Å². The maximum Gasteiger partial charge on any atom is 0.0836 e. The smallest absolute Gasteiger partial charge is 0.0616 e. The Labute approximate surface area is 362 Å². The Hall–Kier alpha value is -9.50. The van der Waals surface area contributed by atoms with Crippen molar-refractivity contribution in [3.63, 3.8) is 0 Å². The Kier molecular flexibility index (Phi) is 8.83. The minimum Gasteiger partial charge on any atom is -0.0616 e. The molecule has 4 aliphatic carbocycles. The SMILES string of the molecule is C1#Cc2ccccc2C#CC(=C2c3ccccc3-c3cc4c(cc32)-c2ccccc2C4=C2C#Cc3ccccc3C#CC#Cc3ccccc3C#C2)C#Cc2ccccc2C#C1. The van der Waals surface area contributed by atoms with Gasteiger partial charge >= 0.3 is 0 Å². The molecule has 0 heterocycles. The second-order valence-electron chi connectivity index (χ2n) is 14.7. The summed E-state index contributed by atoms with van der Waals surface area (Å²) in [7, 11) is 0. The molecule has 0 N–H and O–H groups in total. The van der Waals surface area contributed by atoms with E-state index in [-0.39, 0.29) is 0 Å². The Morgan fingerprint density at radius 2 is 0.435 bits per heavy atom. The molecule has 0 aliphatic heterocycles. The van der Waals surface area contributed by atoms with Gasteiger partial charge in [0.05, 0.1) is 11.1 Å². The van der Waals surface area contributed by atoms with E-state index in [4.69, 9.17) is 0 Å². The van der Waals surface area contributed by atoms with Gasteiger partial charge in [0, 0.05) is 55.7 Å². The Balaban J connectivity index is 1.19. The van der Waals surface area contributed by atoms with Crippen LogP contribution >= 0.6 is 0 Å². The number of allylic oxidation sites excluding steroid dienone is 2. The van der Waals surface area contributed by atoms with Gasteiger partial charge in [0.15, 0.2) is 0 Å². The van der Waals surface area contributed by atoms with Gasteiger partial charge in [-0.3, -0.25) is 0 Å². The van der Waals surface area contributed by atoms with Gasteiger partial charge in [-0.25, -0.2) is 0 Å². The van der Waals surface area contributed by atoms with Crippen LogP contribution in [-0.4, -0.2) is 0 Å². The van der Waals surface area contributed by atoms with Crippen molar-refractivity contribution in [3.8, 4) is 117 Å². The van der Waals surface area contributed by atoms with Gasteiger partial charge in [0.2, 0.25) is 0 Å². The van der Waals surface area contributed by atoms with Crippen LogP contribution in [-0.2, 0) is 0 Å². The number of hydrogen-bond acceptors (Lipinski definition) is 0. The van der Waals surface area contributed by atoms with Crippen LogP contribution in [0.5, 0.6) is 0 Å². The molecular weight excluding hydrogens is 745 g/mol. The highest BCUT2D eigenvalue weighted by Gasteiger charge is 2.32. The van der Waals surface area contributed by atoms with Gasteiger partial charge in [0.1, 0.15) is 0 Å². The van der Waals surface area contributed by atoms with Gasteiger partial charge in [-0.2, -0.15) is 0 Å². The third kappa shape index (κ3) is 6.45. The third-order valence-corrected chi connectivity index (χ3v) is 11.1. The van der Waals surface area contributed by atoms with E-state index in [1.807, 2.05) is 97.1 Å². The molecule has 0 bridgehead atoms. The van der Waals surface area contributed by atoms with Crippen LogP contribution in [0, 0.1) is 94.7 Å². The highest BCUT2D eigenvalue weighted by atomic mass is 14.3. The molecule has 4 aliphatic rings. The van der Waals surface area contributed by atoms with Crippen molar-refractivity contribution in [1.29, 1.82) is 0 Å². The summed E-state index contributed by atoms with van der Waals surface area (Å²) in [6.07, 6.45) is 0. The van der Waals surface area contributed by atoms with Crippen molar-refractivity contribution in [1.82, 2.24) is 0 Å². The summed E-state index contributed by atoms with van der Waals surface area (Å²) >= 11 is 0. The summed E-state index contributed by atoms with van der Waals surface area (Å²) in [4.78, 5) is 0. The van der Waals surface area contributed by atoms with E-state index in [2.05, 4.69) is 155 Å². The van der Waals surface area contributed by atoms with Crippen molar-refractivity contribution in [3.05, 3.63) is 236 Å². The molecule has 0 fully saturated rings. The van der Waals surface area contributed by atoms with E-state index in [1.165, 1.54) is 0 Å². The first-order valence-corrected chi connectivity index (χ1v) is 20.1. The summed E-state index contributed by atoms with van der Waals surface area (Å²) in [6, 6.07) is 53.5. The standard InChI is InChI=1S/C62H26/c1-2-18-44-22-6-10-26-48(44)34-38-51(37-33-47-25-9-5-21-43(47)17-1)61-55-31-15-13-29-53(55)57-42-60-58(41-59(57)61)54-30-14-16-32-56(54)62(60)52-39-35-49-27-11-7-23-45(49)19-3-4-20-46-24-8-12-28-50(46)36-40-52/h5-16,21-32,41-42H. The normalized spacial score (nSPS) is 12.4. The zero-order valence-corrected chi connectivity index (χ0v) is 33.0. The maximum atomic E-state index is 3.55. The van der Waals surface area contributed by atoms with Gasteiger partial charge in [-0.15, -0.1) is 0 Å². The predicted molar refractivity (Wildman–Crippen MR) is 250 cm³/mol. The topological polar surface area (TPSA) is 0 Å². The molecule has 0 saturated carbocycles. The molecular formula is C62H26. The van der Waals surface area contributed by atoms with Crippen LogP contribution < -0.4 is 0 Å². The number of fused-ring (bicyclic) bond motifs is 10. The van der Waals surface area contributed by atoms with Crippen molar-refractivity contribution in [2.45, 2.75) is 0 Å². The summed E-state index contributed by atoms with van der Waals surface area (Å²) in [5.74, 6) is 53.1. The fraction of sp³-hybridized carbons (Fsp3) is 0. The summed E-state index contributed by atoms with van der Waals surface area (Å²) < 4.78 is 0. The molecule has 62 heavy (non-hydrogen) atoms. The predicted octanol–water partition coefficient (Wildman–Crippen LogP) is 10.9. The fourth-order valence-electron chi connectivity index (χ4n) is 8.19.